The Morgan fingerprint density at radius 3 is 2.82 bits per heavy atom. The first-order chi connectivity index (χ1) is 9.65. The molecule has 2 aliphatic rings. The van der Waals surface area contributed by atoms with Crippen LogP contribution in [-0.2, 0) is 6.42 Å². The molecule has 124 valence electrons. The number of hydrogen-bond acceptors (Lipinski definition) is 3. The quantitative estimate of drug-likeness (QED) is 0.894. The summed E-state index contributed by atoms with van der Waals surface area (Å²) in [6.07, 6.45) is 3.31. The fraction of sp³-hybridized carbons (Fsp3) is 0.562. The SMILES string of the molecule is CN(C)C1CCCN(C(=O)c2ccc3c(c2)CCN3)C1.Cl.Cl. The van der Waals surface area contributed by atoms with Crippen LogP contribution >= 0.6 is 24.8 Å². The van der Waals surface area contributed by atoms with E-state index in [0.717, 1.165) is 38.0 Å². The lowest BCUT2D eigenvalue weighted by atomic mass is 10.0. The minimum Gasteiger partial charge on any atom is -0.384 e. The van der Waals surface area contributed by atoms with Gasteiger partial charge >= 0.3 is 0 Å². The molecule has 1 aromatic rings. The van der Waals surface area contributed by atoms with Crippen LogP contribution in [0.1, 0.15) is 28.8 Å². The highest BCUT2D eigenvalue weighted by atomic mass is 35.5. The minimum atomic E-state index is 0. The second-order valence-electron chi connectivity index (χ2n) is 6.06. The van der Waals surface area contributed by atoms with Crippen LogP contribution in [0.25, 0.3) is 0 Å². The molecule has 6 heteroatoms. The van der Waals surface area contributed by atoms with Crippen molar-refractivity contribution in [2.45, 2.75) is 25.3 Å². The molecule has 1 atom stereocenters. The fourth-order valence-corrected chi connectivity index (χ4v) is 3.18. The number of halogens is 2. The van der Waals surface area contributed by atoms with E-state index in [-0.39, 0.29) is 30.7 Å². The van der Waals surface area contributed by atoms with Gasteiger partial charge in [0.25, 0.3) is 5.91 Å². The second-order valence-corrected chi connectivity index (χ2v) is 6.06. The molecule has 0 aliphatic carbocycles. The van der Waals surface area contributed by atoms with Gasteiger partial charge in [0.2, 0.25) is 0 Å². The van der Waals surface area contributed by atoms with Crippen LogP contribution in [0.4, 0.5) is 5.69 Å². The Hall–Kier alpha value is -0.970. The number of rotatable bonds is 2. The maximum Gasteiger partial charge on any atom is 0.253 e. The molecule has 3 rings (SSSR count). The summed E-state index contributed by atoms with van der Waals surface area (Å²) >= 11 is 0. The van der Waals surface area contributed by atoms with Gasteiger partial charge in [-0.2, -0.15) is 0 Å². The number of carbonyl (C=O) groups excluding carboxylic acids is 1. The first-order valence-corrected chi connectivity index (χ1v) is 7.47. The summed E-state index contributed by atoms with van der Waals surface area (Å²) in [5, 5.41) is 3.34. The maximum absolute atomic E-state index is 12.7. The Morgan fingerprint density at radius 1 is 1.32 bits per heavy atom. The molecular formula is C16H25Cl2N3O. The molecule has 0 aromatic heterocycles. The fourth-order valence-electron chi connectivity index (χ4n) is 3.18. The third kappa shape index (κ3) is 3.86. The molecule has 0 spiro atoms. The Bertz CT molecular complexity index is 522. The first kappa shape index (κ1) is 19.1. The van der Waals surface area contributed by atoms with Crippen molar-refractivity contribution in [3.8, 4) is 0 Å². The maximum atomic E-state index is 12.7. The van der Waals surface area contributed by atoms with Crippen LogP contribution in [0.15, 0.2) is 18.2 Å². The van der Waals surface area contributed by atoms with Gasteiger partial charge in [0.15, 0.2) is 0 Å². The van der Waals surface area contributed by atoms with E-state index in [1.165, 1.54) is 17.7 Å². The van der Waals surface area contributed by atoms with E-state index in [9.17, 15) is 4.79 Å². The number of likely N-dealkylation sites (N-methyl/N-ethyl adjacent to an activating group) is 1. The van der Waals surface area contributed by atoms with Gasteiger partial charge in [-0.15, -0.1) is 24.8 Å². The predicted molar refractivity (Wildman–Crippen MR) is 95.7 cm³/mol. The van der Waals surface area contributed by atoms with E-state index in [1.807, 2.05) is 17.0 Å². The number of carbonyl (C=O) groups is 1. The second kappa shape index (κ2) is 8.04. The van der Waals surface area contributed by atoms with Gasteiger partial charge in [0.05, 0.1) is 0 Å². The summed E-state index contributed by atoms with van der Waals surface area (Å²) in [7, 11) is 4.19. The van der Waals surface area contributed by atoms with E-state index in [2.05, 4.69) is 30.4 Å². The molecule has 1 N–H and O–H groups in total. The van der Waals surface area contributed by atoms with Crippen LogP contribution in [0, 0.1) is 0 Å². The summed E-state index contributed by atoms with van der Waals surface area (Å²) < 4.78 is 0. The highest BCUT2D eigenvalue weighted by molar-refractivity contribution is 5.95. The highest BCUT2D eigenvalue weighted by Crippen LogP contribution is 2.24. The summed E-state index contributed by atoms with van der Waals surface area (Å²) in [4.78, 5) is 16.9. The lowest BCUT2D eigenvalue weighted by molar-refractivity contribution is 0.0635. The molecule has 0 saturated carbocycles. The average molecular weight is 346 g/mol. The van der Waals surface area contributed by atoms with E-state index < -0.39 is 0 Å². The van der Waals surface area contributed by atoms with Crippen molar-refractivity contribution in [1.82, 2.24) is 9.80 Å². The molecule has 4 nitrogen and oxygen atoms in total. The van der Waals surface area contributed by atoms with Crippen molar-refractivity contribution in [3.05, 3.63) is 29.3 Å². The topological polar surface area (TPSA) is 35.6 Å². The van der Waals surface area contributed by atoms with Gasteiger partial charge in [0.1, 0.15) is 0 Å². The Balaban J connectivity index is 0.00000121. The molecule has 1 amide bonds. The van der Waals surface area contributed by atoms with E-state index in [1.54, 1.807) is 0 Å². The number of benzene rings is 1. The third-order valence-electron chi connectivity index (χ3n) is 4.48. The van der Waals surface area contributed by atoms with Crippen LogP contribution in [0.5, 0.6) is 0 Å². The normalized spacial score (nSPS) is 19.8. The zero-order valence-electron chi connectivity index (χ0n) is 13.2. The molecule has 0 radical (unpaired) electrons. The summed E-state index contributed by atoms with van der Waals surface area (Å²) in [6, 6.07) is 6.56. The zero-order chi connectivity index (χ0) is 14.1. The minimum absolute atomic E-state index is 0. The van der Waals surface area contributed by atoms with Crippen molar-refractivity contribution < 1.29 is 4.79 Å². The first-order valence-electron chi connectivity index (χ1n) is 7.47. The van der Waals surface area contributed by atoms with Gasteiger partial charge in [-0.05, 0) is 57.1 Å². The van der Waals surface area contributed by atoms with E-state index in [4.69, 9.17) is 0 Å². The molecular weight excluding hydrogens is 321 g/mol. The standard InChI is InChI=1S/C16H23N3O.2ClH/c1-18(2)14-4-3-9-19(11-14)16(20)13-5-6-15-12(10-13)7-8-17-15;;/h5-6,10,14,17H,3-4,7-9,11H2,1-2H3;2*1H. The number of nitrogens with one attached hydrogen (secondary N) is 1. The summed E-state index contributed by atoms with van der Waals surface area (Å²) in [5.41, 5.74) is 3.30. The largest absolute Gasteiger partial charge is 0.384 e. The monoisotopic (exact) mass is 345 g/mol. The number of likely N-dealkylation sites (tertiary alicyclic amines) is 1. The van der Waals surface area contributed by atoms with Crippen molar-refractivity contribution in [2.24, 2.45) is 0 Å². The van der Waals surface area contributed by atoms with Gasteiger partial charge in [-0.1, -0.05) is 0 Å². The Kier molecular flexibility index (Phi) is 6.98. The van der Waals surface area contributed by atoms with Crippen LogP contribution in [0.3, 0.4) is 0 Å². The average Bonchev–Trinajstić information content (AvgIpc) is 2.94. The molecule has 1 unspecified atom stereocenters. The number of fused-ring (bicyclic) bond motifs is 1. The van der Waals surface area contributed by atoms with Crippen molar-refractivity contribution >= 4 is 36.4 Å². The predicted octanol–water partition coefficient (Wildman–Crippen LogP) is 2.66. The molecule has 1 saturated heterocycles. The molecule has 22 heavy (non-hydrogen) atoms. The summed E-state index contributed by atoms with van der Waals surface area (Å²) in [5.74, 6) is 0.186. The van der Waals surface area contributed by atoms with Gasteiger partial charge in [0, 0.05) is 36.9 Å². The van der Waals surface area contributed by atoms with Gasteiger partial charge in [-0.3, -0.25) is 4.79 Å². The number of anilines is 1. The van der Waals surface area contributed by atoms with Gasteiger partial charge in [-0.25, -0.2) is 0 Å². The van der Waals surface area contributed by atoms with E-state index >= 15 is 0 Å². The van der Waals surface area contributed by atoms with E-state index in [0.29, 0.717) is 6.04 Å². The lowest BCUT2D eigenvalue weighted by Gasteiger charge is -2.36. The number of amides is 1. The molecule has 1 aromatic carbocycles. The third-order valence-corrected chi connectivity index (χ3v) is 4.48. The molecule has 1 fully saturated rings. The van der Waals surface area contributed by atoms with Crippen LogP contribution in [0.2, 0.25) is 0 Å². The van der Waals surface area contributed by atoms with Crippen molar-refractivity contribution in [3.63, 3.8) is 0 Å². The lowest BCUT2D eigenvalue weighted by Crippen LogP contribution is -2.47. The summed E-state index contributed by atoms with van der Waals surface area (Å²) in [6.45, 7) is 2.72. The van der Waals surface area contributed by atoms with Crippen molar-refractivity contribution in [1.29, 1.82) is 0 Å². The Morgan fingerprint density at radius 2 is 2.09 bits per heavy atom. The van der Waals surface area contributed by atoms with Crippen LogP contribution < -0.4 is 5.32 Å². The van der Waals surface area contributed by atoms with Crippen LogP contribution in [-0.4, -0.2) is 55.5 Å². The molecule has 2 heterocycles. The van der Waals surface area contributed by atoms with Gasteiger partial charge < -0.3 is 15.1 Å². The molecule has 0 bridgehead atoms. The number of nitrogens with zero attached hydrogens (tertiary/aromatic N) is 2. The smallest absolute Gasteiger partial charge is 0.253 e. The number of piperidine rings is 1. The molecule has 2 aliphatic heterocycles. The van der Waals surface area contributed by atoms with Crippen molar-refractivity contribution in [2.75, 3.05) is 39.0 Å². The highest BCUT2D eigenvalue weighted by Gasteiger charge is 2.26. The number of hydrogen-bond donors (Lipinski definition) is 1. The zero-order valence-corrected chi connectivity index (χ0v) is 14.8. The Labute approximate surface area is 145 Å².